The topological polar surface area (TPSA) is 44.1 Å². The Hall–Kier alpha value is -2.82. The molecule has 4 nitrogen and oxygen atoms in total. The van der Waals surface area contributed by atoms with E-state index >= 15 is 0 Å². The first-order valence-corrected chi connectivity index (χ1v) is 7.53. The molecule has 1 heterocycles. The van der Waals surface area contributed by atoms with Gasteiger partial charge in [0.2, 0.25) is 0 Å². The number of benzene rings is 2. The van der Waals surface area contributed by atoms with Crippen LogP contribution in [-0.4, -0.2) is 15.3 Å². The predicted octanol–water partition coefficient (Wildman–Crippen LogP) is 4.28. The normalized spacial score (nSPS) is 11.6. The highest BCUT2D eigenvalue weighted by Crippen LogP contribution is 2.30. The minimum Gasteiger partial charge on any atom is -0.406 e. The van der Waals surface area contributed by atoms with Crippen LogP contribution in [0.1, 0.15) is 0 Å². The van der Waals surface area contributed by atoms with Gasteiger partial charge >= 0.3 is 12.1 Å². The van der Waals surface area contributed by atoms with Gasteiger partial charge < -0.3 is 4.74 Å². The van der Waals surface area contributed by atoms with Crippen LogP contribution in [0.4, 0.5) is 26.3 Å². The van der Waals surface area contributed by atoms with E-state index in [9.17, 15) is 31.1 Å². The van der Waals surface area contributed by atoms with Gasteiger partial charge in [0, 0.05) is 6.07 Å². The zero-order valence-corrected chi connectivity index (χ0v) is 13.2. The molecule has 26 heavy (non-hydrogen) atoms. The summed E-state index contributed by atoms with van der Waals surface area (Å²) in [6.45, 7) is 0. The molecule has 1 aromatic heterocycles. The van der Waals surface area contributed by atoms with E-state index in [4.69, 9.17) is 0 Å². The van der Waals surface area contributed by atoms with Gasteiger partial charge in [0.25, 0.3) is 0 Å². The van der Waals surface area contributed by atoms with Crippen LogP contribution < -0.4 is 10.4 Å². The molecular formula is C15H6F6N2O2S. The van der Waals surface area contributed by atoms with Crippen molar-refractivity contribution >= 4 is 11.5 Å². The Labute approximate surface area is 145 Å². The molecule has 3 rings (SSSR count). The summed E-state index contributed by atoms with van der Waals surface area (Å²) in [5.41, 5.74) is -2.05. The van der Waals surface area contributed by atoms with E-state index in [0.717, 1.165) is 30.3 Å². The first kappa shape index (κ1) is 18.0. The molecule has 0 N–H and O–H groups in total. The van der Waals surface area contributed by atoms with E-state index < -0.39 is 46.5 Å². The first-order chi connectivity index (χ1) is 12.2. The monoisotopic (exact) mass is 392 g/mol. The fourth-order valence-corrected chi connectivity index (χ4v) is 3.03. The van der Waals surface area contributed by atoms with Crippen LogP contribution in [-0.2, 0) is 0 Å². The highest BCUT2D eigenvalue weighted by atomic mass is 32.1. The van der Waals surface area contributed by atoms with Gasteiger partial charge in [-0.3, -0.25) is 0 Å². The molecule has 0 bridgehead atoms. The van der Waals surface area contributed by atoms with E-state index in [2.05, 4.69) is 9.72 Å². The van der Waals surface area contributed by atoms with Crippen molar-refractivity contribution in [3.63, 3.8) is 0 Å². The molecule has 11 heteroatoms. The Kier molecular flexibility index (Phi) is 4.48. The highest BCUT2D eigenvalue weighted by molar-refractivity contribution is 7.10. The standard InChI is InChI=1S/C15H6F6N2O2S/c16-8-2-1-3-9(17)12(8)13-22-14(24)23(26-13)11-5-4-7(6-10(11)18)25-15(19,20)21/h1-6H. The van der Waals surface area contributed by atoms with E-state index in [1.165, 1.54) is 0 Å². The molecule has 0 saturated heterocycles. The number of halogens is 6. The molecule has 0 amide bonds. The summed E-state index contributed by atoms with van der Waals surface area (Å²) in [7, 11) is 0. The molecule has 0 fully saturated rings. The van der Waals surface area contributed by atoms with Crippen molar-refractivity contribution in [2.24, 2.45) is 0 Å². The maximum Gasteiger partial charge on any atom is 0.573 e. The fourth-order valence-electron chi connectivity index (χ4n) is 2.08. The summed E-state index contributed by atoms with van der Waals surface area (Å²) in [4.78, 5) is 15.4. The largest absolute Gasteiger partial charge is 0.573 e. The summed E-state index contributed by atoms with van der Waals surface area (Å²) in [5, 5.41) is -0.347. The molecule has 0 aliphatic carbocycles. The Balaban J connectivity index is 2.04. The third-order valence-corrected chi connectivity index (χ3v) is 4.10. The molecule has 0 radical (unpaired) electrons. The number of alkyl halides is 3. The minimum absolute atomic E-state index is 0.347. The van der Waals surface area contributed by atoms with Crippen molar-refractivity contribution in [3.05, 3.63) is 64.3 Å². The number of nitrogens with zero attached hydrogens (tertiary/aromatic N) is 2. The maximum absolute atomic E-state index is 14.1. The first-order valence-electron chi connectivity index (χ1n) is 6.76. The minimum atomic E-state index is -5.01. The summed E-state index contributed by atoms with van der Waals surface area (Å²) in [6, 6.07) is 5.11. The number of hydrogen-bond donors (Lipinski definition) is 0. The van der Waals surface area contributed by atoms with Crippen LogP contribution >= 0.6 is 11.5 Å². The number of hydrogen-bond acceptors (Lipinski definition) is 4. The van der Waals surface area contributed by atoms with Gasteiger partial charge in [-0.1, -0.05) is 6.07 Å². The number of ether oxygens (including phenoxy) is 1. The lowest BCUT2D eigenvalue weighted by Gasteiger charge is -2.09. The quantitative estimate of drug-likeness (QED) is 0.625. The molecule has 0 unspecified atom stereocenters. The Bertz CT molecular complexity index is 1010. The second-order valence-electron chi connectivity index (χ2n) is 4.84. The van der Waals surface area contributed by atoms with Crippen LogP contribution in [0.2, 0.25) is 0 Å². The van der Waals surface area contributed by atoms with Crippen LogP contribution in [0.25, 0.3) is 16.3 Å². The average Bonchev–Trinajstić information content (AvgIpc) is 2.87. The van der Waals surface area contributed by atoms with Crippen molar-refractivity contribution in [3.8, 4) is 22.0 Å². The summed E-state index contributed by atoms with van der Waals surface area (Å²) in [5.74, 6) is -3.98. The van der Waals surface area contributed by atoms with Gasteiger partial charge in [0.05, 0.1) is 11.3 Å². The van der Waals surface area contributed by atoms with Crippen molar-refractivity contribution < 1.29 is 31.1 Å². The fraction of sp³-hybridized carbons (Fsp3) is 0.0667. The summed E-state index contributed by atoms with van der Waals surface area (Å²) >= 11 is 0.437. The van der Waals surface area contributed by atoms with Gasteiger partial charge in [0.15, 0.2) is 10.8 Å². The summed E-state index contributed by atoms with van der Waals surface area (Å²) < 4.78 is 82.3. The predicted molar refractivity (Wildman–Crippen MR) is 79.7 cm³/mol. The number of aromatic nitrogens is 2. The van der Waals surface area contributed by atoms with Gasteiger partial charge in [-0.25, -0.2) is 21.9 Å². The SMILES string of the molecule is O=c1nc(-c2c(F)cccc2F)sn1-c1ccc(OC(F)(F)F)cc1F. The Morgan fingerprint density at radius 1 is 1.00 bits per heavy atom. The number of rotatable bonds is 3. The van der Waals surface area contributed by atoms with E-state index in [1.54, 1.807) is 0 Å². The average molecular weight is 392 g/mol. The zero-order valence-electron chi connectivity index (χ0n) is 12.4. The molecular weight excluding hydrogens is 386 g/mol. The second-order valence-corrected chi connectivity index (χ2v) is 5.78. The van der Waals surface area contributed by atoms with Crippen molar-refractivity contribution in [1.82, 2.24) is 8.94 Å². The Morgan fingerprint density at radius 3 is 2.23 bits per heavy atom. The highest BCUT2D eigenvalue weighted by Gasteiger charge is 2.31. The molecule has 3 aromatic rings. The van der Waals surface area contributed by atoms with E-state index in [1.807, 2.05) is 0 Å². The van der Waals surface area contributed by atoms with Gasteiger partial charge in [-0.15, -0.1) is 13.2 Å². The molecule has 0 spiro atoms. The van der Waals surface area contributed by atoms with Crippen LogP contribution in [0.15, 0.2) is 41.2 Å². The lowest BCUT2D eigenvalue weighted by molar-refractivity contribution is -0.274. The molecule has 136 valence electrons. The smallest absolute Gasteiger partial charge is 0.406 e. The van der Waals surface area contributed by atoms with E-state index in [-0.39, 0.29) is 5.01 Å². The van der Waals surface area contributed by atoms with Gasteiger partial charge in [-0.05, 0) is 35.8 Å². The molecule has 0 saturated carbocycles. The second kappa shape index (κ2) is 6.48. The lowest BCUT2D eigenvalue weighted by Crippen LogP contribution is -2.18. The van der Waals surface area contributed by atoms with Crippen molar-refractivity contribution in [1.29, 1.82) is 0 Å². The Morgan fingerprint density at radius 2 is 1.65 bits per heavy atom. The molecule has 0 atom stereocenters. The van der Waals surface area contributed by atoms with Crippen LogP contribution in [0.3, 0.4) is 0 Å². The third kappa shape index (κ3) is 3.57. The van der Waals surface area contributed by atoms with Crippen molar-refractivity contribution in [2.75, 3.05) is 0 Å². The van der Waals surface area contributed by atoms with Gasteiger partial charge in [-0.2, -0.15) is 4.98 Å². The maximum atomic E-state index is 14.1. The third-order valence-electron chi connectivity index (χ3n) is 3.10. The summed E-state index contributed by atoms with van der Waals surface area (Å²) in [6.07, 6.45) is -5.01. The lowest BCUT2D eigenvalue weighted by atomic mass is 10.2. The van der Waals surface area contributed by atoms with Crippen LogP contribution in [0.5, 0.6) is 5.75 Å². The molecule has 2 aromatic carbocycles. The molecule has 0 aliphatic rings. The zero-order chi connectivity index (χ0) is 19.1. The molecule has 0 aliphatic heterocycles. The van der Waals surface area contributed by atoms with Gasteiger partial charge in [0.1, 0.15) is 17.4 Å². The van der Waals surface area contributed by atoms with Crippen LogP contribution in [0, 0.1) is 17.5 Å². The van der Waals surface area contributed by atoms with E-state index in [0.29, 0.717) is 21.6 Å². The van der Waals surface area contributed by atoms with Crippen molar-refractivity contribution in [2.45, 2.75) is 6.36 Å².